The average Bonchev–Trinajstić information content (AvgIpc) is 2.17. The summed E-state index contributed by atoms with van der Waals surface area (Å²) < 4.78 is 0. The summed E-state index contributed by atoms with van der Waals surface area (Å²) in [6.07, 6.45) is 1.73. The molecule has 3 heteroatoms. The monoisotopic (exact) mass is 171 g/mol. The standard InChI is InChI=1S/C10H9N3/c11-10(12)9-5-7-3-1-2-4-8(7)6-13-9/h1-6H,(H3,11,12). The van der Waals surface area contributed by atoms with Crippen molar-refractivity contribution in [3.05, 3.63) is 42.2 Å². The van der Waals surface area contributed by atoms with Gasteiger partial charge in [-0.3, -0.25) is 10.4 Å². The molecular weight excluding hydrogens is 162 g/mol. The minimum Gasteiger partial charge on any atom is -0.382 e. The topological polar surface area (TPSA) is 62.8 Å². The predicted molar refractivity (Wildman–Crippen MR) is 52.8 cm³/mol. The minimum absolute atomic E-state index is 0.00533. The zero-order valence-electron chi connectivity index (χ0n) is 6.99. The maximum atomic E-state index is 7.23. The Hall–Kier alpha value is -1.90. The minimum atomic E-state index is 0.00533. The molecule has 0 fully saturated rings. The quantitative estimate of drug-likeness (QED) is 0.504. The Kier molecular flexibility index (Phi) is 1.70. The normalized spacial score (nSPS) is 10.2. The zero-order chi connectivity index (χ0) is 9.26. The van der Waals surface area contributed by atoms with Crippen molar-refractivity contribution in [2.24, 2.45) is 5.73 Å². The molecule has 0 bridgehead atoms. The van der Waals surface area contributed by atoms with Gasteiger partial charge in [0.05, 0.1) is 0 Å². The molecule has 0 radical (unpaired) electrons. The molecule has 2 aromatic rings. The second-order valence-electron chi connectivity index (χ2n) is 2.83. The van der Waals surface area contributed by atoms with Gasteiger partial charge in [0, 0.05) is 11.6 Å². The number of nitrogens with zero attached hydrogens (tertiary/aromatic N) is 1. The van der Waals surface area contributed by atoms with E-state index >= 15 is 0 Å². The van der Waals surface area contributed by atoms with E-state index in [1.165, 1.54) is 0 Å². The van der Waals surface area contributed by atoms with Crippen molar-refractivity contribution in [3.8, 4) is 0 Å². The molecule has 0 atom stereocenters. The van der Waals surface area contributed by atoms with Gasteiger partial charge < -0.3 is 5.73 Å². The highest BCUT2D eigenvalue weighted by Crippen LogP contribution is 2.12. The van der Waals surface area contributed by atoms with Gasteiger partial charge in [-0.15, -0.1) is 0 Å². The molecule has 64 valence electrons. The summed E-state index contributed by atoms with van der Waals surface area (Å²) in [5.74, 6) is 0.00533. The highest BCUT2D eigenvalue weighted by molar-refractivity contribution is 5.96. The van der Waals surface area contributed by atoms with Crippen LogP contribution in [0.2, 0.25) is 0 Å². The summed E-state index contributed by atoms with van der Waals surface area (Å²) >= 11 is 0. The van der Waals surface area contributed by atoms with E-state index in [0.717, 1.165) is 10.8 Å². The molecule has 1 aromatic heterocycles. The van der Waals surface area contributed by atoms with Crippen LogP contribution in [0.25, 0.3) is 10.8 Å². The van der Waals surface area contributed by atoms with Gasteiger partial charge >= 0.3 is 0 Å². The maximum Gasteiger partial charge on any atom is 0.141 e. The number of amidine groups is 1. The van der Waals surface area contributed by atoms with E-state index in [0.29, 0.717) is 5.69 Å². The van der Waals surface area contributed by atoms with Gasteiger partial charge in [0.1, 0.15) is 11.5 Å². The number of aromatic nitrogens is 1. The van der Waals surface area contributed by atoms with Crippen molar-refractivity contribution in [1.82, 2.24) is 4.98 Å². The largest absolute Gasteiger partial charge is 0.382 e. The molecule has 1 heterocycles. The Labute approximate surface area is 75.7 Å². The van der Waals surface area contributed by atoms with Crippen LogP contribution >= 0.6 is 0 Å². The first kappa shape index (κ1) is 7.73. The molecule has 13 heavy (non-hydrogen) atoms. The van der Waals surface area contributed by atoms with Crippen molar-refractivity contribution in [2.75, 3.05) is 0 Å². The fourth-order valence-electron chi connectivity index (χ4n) is 1.23. The van der Waals surface area contributed by atoms with E-state index in [1.807, 2.05) is 30.3 Å². The van der Waals surface area contributed by atoms with E-state index in [1.54, 1.807) is 6.20 Å². The average molecular weight is 171 g/mol. The molecule has 3 nitrogen and oxygen atoms in total. The van der Waals surface area contributed by atoms with Gasteiger partial charge in [-0.2, -0.15) is 0 Å². The third kappa shape index (κ3) is 1.36. The van der Waals surface area contributed by atoms with Crippen molar-refractivity contribution in [2.45, 2.75) is 0 Å². The molecule has 0 aliphatic carbocycles. The van der Waals surface area contributed by atoms with Crippen molar-refractivity contribution in [3.63, 3.8) is 0 Å². The summed E-state index contributed by atoms with van der Waals surface area (Å²) in [4.78, 5) is 4.06. The lowest BCUT2D eigenvalue weighted by atomic mass is 10.1. The first-order valence-corrected chi connectivity index (χ1v) is 3.96. The van der Waals surface area contributed by atoms with Crippen molar-refractivity contribution >= 4 is 16.6 Å². The van der Waals surface area contributed by atoms with Gasteiger partial charge in [0.15, 0.2) is 0 Å². The number of nitrogens with two attached hydrogens (primary N) is 1. The molecule has 0 saturated heterocycles. The predicted octanol–water partition coefficient (Wildman–Crippen LogP) is 1.52. The molecule has 0 aliphatic heterocycles. The lowest BCUT2D eigenvalue weighted by molar-refractivity contribution is 1.28. The van der Waals surface area contributed by atoms with Crippen LogP contribution in [0.15, 0.2) is 36.5 Å². The van der Waals surface area contributed by atoms with Crippen LogP contribution in [0.4, 0.5) is 0 Å². The summed E-state index contributed by atoms with van der Waals surface area (Å²) in [6.45, 7) is 0. The van der Waals surface area contributed by atoms with Gasteiger partial charge in [-0.1, -0.05) is 24.3 Å². The summed E-state index contributed by atoms with van der Waals surface area (Å²) in [7, 11) is 0. The number of nitrogens with one attached hydrogen (secondary N) is 1. The Morgan fingerprint density at radius 2 is 1.92 bits per heavy atom. The van der Waals surface area contributed by atoms with Gasteiger partial charge in [0.2, 0.25) is 0 Å². The third-order valence-corrected chi connectivity index (χ3v) is 1.91. The molecule has 2 rings (SSSR count). The number of hydrogen-bond donors (Lipinski definition) is 2. The van der Waals surface area contributed by atoms with Gasteiger partial charge in [-0.25, -0.2) is 0 Å². The number of nitrogen functional groups attached to an aromatic ring is 1. The van der Waals surface area contributed by atoms with E-state index in [9.17, 15) is 0 Å². The molecule has 0 amide bonds. The summed E-state index contributed by atoms with van der Waals surface area (Å²) in [5, 5.41) is 9.35. The number of benzene rings is 1. The van der Waals surface area contributed by atoms with E-state index in [4.69, 9.17) is 11.1 Å². The van der Waals surface area contributed by atoms with Crippen molar-refractivity contribution in [1.29, 1.82) is 5.41 Å². The van der Waals surface area contributed by atoms with Crippen LogP contribution < -0.4 is 5.73 Å². The van der Waals surface area contributed by atoms with Crippen molar-refractivity contribution < 1.29 is 0 Å². The summed E-state index contributed by atoms with van der Waals surface area (Å²) in [6, 6.07) is 9.68. The molecule has 0 unspecified atom stereocenters. The van der Waals surface area contributed by atoms with E-state index < -0.39 is 0 Å². The maximum absolute atomic E-state index is 7.23. The van der Waals surface area contributed by atoms with Crippen LogP contribution in [0.3, 0.4) is 0 Å². The smallest absolute Gasteiger partial charge is 0.141 e. The van der Waals surface area contributed by atoms with Crippen LogP contribution in [-0.4, -0.2) is 10.8 Å². The van der Waals surface area contributed by atoms with Crippen LogP contribution in [-0.2, 0) is 0 Å². The third-order valence-electron chi connectivity index (χ3n) is 1.91. The molecule has 1 aromatic carbocycles. The Bertz CT molecular complexity index is 462. The Morgan fingerprint density at radius 1 is 1.23 bits per heavy atom. The van der Waals surface area contributed by atoms with E-state index in [2.05, 4.69) is 4.98 Å². The summed E-state index contributed by atoms with van der Waals surface area (Å²) in [5.41, 5.74) is 5.85. The van der Waals surface area contributed by atoms with Gasteiger partial charge in [-0.05, 0) is 11.5 Å². The fraction of sp³-hybridized carbons (Fsp3) is 0. The molecule has 0 spiro atoms. The number of hydrogen-bond acceptors (Lipinski definition) is 2. The fourth-order valence-corrected chi connectivity index (χ4v) is 1.23. The lowest BCUT2D eigenvalue weighted by Crippen LogP contribution is -2.12. The molecule has 3 N–H and O–H groups in total. The number of pyridine rings is 1. The second kappa shape index (κ2) is 2.86. The number of fused-ring (bicyclic) bond motifs is 1. The van der Waals surface area contributed by atoms with E-state index in [-0.39, 0.29) is 5.84 Å². The molecular formula is C10H9N3. The highest BCUT2D eigenvalue weighted by atomic mass is 14.8. The van der Waals surface area contributed by atoms with Crippen LogP contribution in [0.1, 0.15) is 5.69 Å². The first-order valence-electron chi connectivity index (χ1n) is 3.96. The molecule has 0 saturated carbocycles. The van der Waals surface area contributed by atoms with Gasteiger partial charge in [0.25, 0.3) is 0 Å². The second-order valence-corrected chi connectivity index (χ2v) is 2.83. The van der Waals surface area contributed by atoms with Crippen LogP contribution in [0, 0.1) is 5.41 Å². The SMILES string of the molecule is N=C(N)c1cc2ccccc2cn1. The Balaban J connectivity index is 2.69. The number of rotatable bonds is 1. The van der Waals surface area contributed by atoms with Crippen LogP contribution in [0.5, 0.6) is 0 Å². The lowest BCUT2D eigenvalue weighted by Gasteiger charge is -1.99. The first-order chi connectivity index (χ1) is 6.27. The highest BCUT2D eigenvalue weighted by Gasteiger charge is 1.98. The Morgan fingerprint density at radius 3 is 2.62 bits per heavy atom. The zero-order valence-corrected chi connectivity index (χ0v) is 6.99. The molecule has 0 aliphatic rings.